The van der Waals surface area contributed by atoms with E-state index in [1.54, 1.807) is 42.3 Å². The maximum Gasteiger partial charge on any atom is 0.174 e. The number of fused-ring (bicyclic) bond motifs is 1. The molecule has 0 spiro atoms. The maximum absolute atomic E-state index is 11.8. The summed E-state index contributed by atoms with van der Waals surface area (Å²) in [6.45, 7) is 3.52. The van der Waals surface area contributed by atoms with Gasteiger partial charge in [-0.05, 0) is 13.0 Å². The highest BCUT2D eigenvalue weighted by atomic mass is 32.1. The van der Waals surface area contributed by atoms with Gasteiger partial charge in [0.1, 0.15) is 22.5 Å². The third-order valence-electron chi connectivity index (χ3n) is 3.49. The summed E-state index contributed by atoms with van der Waals surface area (Å²) < 4.78 is 1.79. The molecule has 3 aromatic heterocycles. The van der Waals surface area contributed by atoms with Crippen molar-refractivity contribution in [2.24, 2.45) is 0 Å². The van der Waals surface area contributed by atoms with Crippen molar-refractivity contribution < 1.29 is 9.90 Å². The molecule has 0 aliphatic heterocycles. The van der Waals surface area contributed by atoms with Gasteiger partial charge in [-0.25, -0.2) is 4.98 Å². The van der Waals surface area contributed by atoms with Crippen molar-refractivity contribution in [2.75, 3.05) is 0 Å². The molecular formula is C15H15N3O2S. The van der Waals surface area contributed by atoms with Crippen LogP contribution in [-0.4, -0.2) is 25.3 Å². The van der Waals surface area contributed by atoms with Crippen molar-refractivity contribution in [3.63, 3.8) is 0 Å². The zero-order chi connectivity index (χ0) is 15.0. The molecule has 0 radical (unpaired) electrons. The number of hydrogen-bond acceptors (Lipinski definition) is 5. The SMILES string of the molecule is CCC(=O)c1cn2cnc(C(C)(O)c3cccnc3)c2s1. The fraction of sp³-hybridized carbons (Fsp3) is 0.267. The van der Waals surface area contributed by atoms with Gasteiger partial charge in [0.2, 0.25) is 0 Å². The lowest BCUT2D eigenvalue weighted by Crippen LogP contribution is -2.23. The number of thiazole rings is 1. The van der Waals surface area contributed by atoms with Crippen LogP contribution in [0.15, 0.2) is 37.1 Å². The first-order valence-corrected chi connectivity index (χ1v) is 7.48. The van der Waals surface area contributed by atoms with Gasteiger partial charge in [0.05, 0.1) is 4.88 Å². The van der Waals surface area contributed by atoms with Crippen LogP contribution >= 0.6 is 11.3 Å². The lowest BCUT2D eigenvalue weighted by Gasteiger charge is -2.21. The highest BCUT2D eigenvalue weighted by molar-refractivity contribution is 7.19. The molecule has 1 unspecified atom stereocenters. The summed E-state index contributed by atoms with van der Waals surface area (Å²) in [6.07, 6.45) is 7.13. The van der Waals surface area contributed by atoms with Crippen LogP contribution in [0.25, 0.3) is 4.83 Å². The lowest BCUT2D eigenvalue weighted by molar-refractivity contribution is 0.0985. The Bertz CT molecular complexity index is 790. The van der Waals surface area contributed by atoms with Crippen molar-refractivity contribution in [1.29, 1.82) is 0 Å². The molecule has 0 amide bonds. The van der Waals surface area contributed by atoms with Gasteiger partial charge in [-0.15, -0.1) is 11.3 Å². The predicted octanol–water partition coefficient (Wildman–Crippen LogP) is 2.64. The van der Waals surface area contributed by atoms with Gasteiger partial charge in [0.15, 0.2) is 5.78 Å². The Morgan fingerprint density at radius 3 is 3.00 bits per heavy atom. The van der Waals surface area contributed by atoms with Crippen molar-refractivity contribution in [3.05, 3.63) is 53.2 Å². The number of hydrogen-bond donors (Lipinski definition) is 1. The number of carbonyl (C=O) groups is 1. The van der Waals surface area contributed by atoms with Gasteiger partial charge in [-0.2, -0.15) is 0 Å². The van der Waals surface area contributed by atoms with E-state index < -0.39 is 5.60 Å². The Morgan fingerprint density at radius 1 is 1.52 bits per heavy atom. The minimum atomic E-state index is -1.25. The smallest absolute Gasteiger partial charge is 0.174 e. The third kappa shape index (κ3) is 2.26. The first-order valence-electron chi connectivity index (χ1n) is 6.67. The summed E-state index contributed by atoms with van der Waals surface area (Å²) in [5.74, 6) is 0.0932. The minimum Gasteiger partial charge on any atom is -0.379 e. The van der Waals surface area contributed by atoms with E-state index >= 15 is 0 Å². The molecule has 3 aromatic rings. The first-order chi connectivity index (χ1) is 10.0. The van der Waals surface area contributed by atoms with Crippen LogP contribution in [0.4, 0.5) is 0 Å². The zero-order valence-electron chi connectivity index (χ0n) is 11.8. The van der Waals surface area contributed by atoms with Crippen LogP contribution in [0.3, 0.4) is 0 Å². The van der Waals surface area contributed by atoms with E-state index in [4.69, 9.17) is 0 Å². The number of imidazole rings is 1. The molecule has 3 heterocycles. The summed E-state index contributed by atoms with van der Waals surface area (Å²) in [5.41, 5.74) is -0.0431. The standard InChI is InChI=1S/C15H15N3O2S/c1-3-11(19)12-8-18-9-17-13(14(18)21-12)15(2,20)10-5-4-6-16-7-10/h4-9,20H,3H2,1-2H3. The van der Waals surface area contributed by atoms with Crippen molar-refractivity contribution >= 4 is 22.0 Å². The lowest BCUT2D eigenvalue weighted by atomic mass is 9.95. The van der Waals surface area contributed by atoms with Gasteiger partial charge >= 0.3 is 0 Å². The average Bonchev–Trinajstić information content (AvgIpc) is 3.07. The average molecular weight is 301 g/mol. The van der Waals surface area contributed by atoms with Crippen molar-refractivity contribution in [2.45, 2.75) is 25.9 Å². The normalized spacial score (nSPS) is 14.2. The molecule has 0 aromatic carbocycles. The highest BCUT2D eigenvalue weighted by Crippen LogP contribution is 2.33. The molecule has 0 aliphatic carbocycles. The zero-order valence-corrected chi connectivity index (χ0v) is 12.6. The second kappa shape index (κ2) is 5.05. The summed E-state index contributed by atoms with van der Waals surface area (Å²) in [4.78, 5) is 21.6. The Hall–Kier alpha value is -2.05. The number of aromatic nitrogens is 3. The fourth-order valence-corrected chi connectivity index (χ4v) is 3.41. The molecular weight excluding hydrogens is 286 g/mol. The topological polar surface area (TPSA) is 67.5 Å². The third-order valence-corrected chi connectivity index (χ3v) is 4.64. The van der Waals surface area contributed by atoms with Gasteiger partial charge in [0.25, 0.3) is 0 Å². The molecule has 6 heteroatoms. The molecule has 0 aliphatic rings. The molecule has 3 rings (SSSR count). The van der Waals surface area contributed by atoms with Gasteiger partial charge in [-0.3, -0.25) is 14.2 Å². The first kappa shape index (κ1) is 13.9. The molecule has 0 saturated carbocycles. The summed E-state index contributed by atoms with van der Waals surface area (Å²) in [6, 6.07) is 3.58. The molecule has 21 heavy (non-hydrogen) atoms. The summed E-state index contributed by atoms with van der Waals surface area (Å²) in [5, 5.41) is 10.9. The molecule has 5 nitrogen and oxygen atoms in total. The highest BCUT2D eigenvalue weighted by Gasteiger charge is 2.31. The Balaban J connectivity index is 2.12. The maximum atomic E-state index is 11.8. The van der Waals surface area contributed by atoms with Crippen LogP contribution in [0.1, 0.15) is 41.2 Å². The number of aliphatic hydroxyl groups is 1. The van der Waals surface area contributed by atoms with Gasteiger partial charge in [0, 0.05) is 30.6 Å². The number of carbonyl (C=O) groups excluding carboxylic acids is 1. The van der Waals surface area contributed by atoms with Gasteiger partial charge in [-0.1, -0.05) is 13.0 Å². The van der Waals surface area contributed by atoms with Crippen LogP contribution in [0.2, 0.25) is 0 Å². The van der Waals surface area contributed by atoms with E-state index in [9.17, 15) is 9.90 Å². The summed E-state index contributed by atoms with van der Waals surface area (Å²) in [7, 11) is 0. The number of rotatable bonds is 4. The van der Waals surface area contributed by atoms with Crippen LogP contribution in [0, 0.1) is 0 Å². The second-order valence-electron chi connectivity index (χ2n) is 4.99. The van der Waals surface area contributed by atoms with Crippen LogP contribution < -0.4 is 0 Å². The van der Waals surface area contributed by atoms with Crippen LogP contribution in [0.5, 0.6) is 0 Å². The van der Waals surface area contributed by atoms with E-state index in [-0.39, 0.29) is 5.78 Å². The monoisotopic (exact) mass is 301 g/mol. The van der Waals surface area contributed by atoms with E-state index in [2.05, 4.69) is 9.97 Å². The van der Waals surface area contributed by atoms with Crippen molar-refractivity contribution in [1.82, 2.24) is 14.4 Å². The van der Waals surface area contributed by atoms with Crippen LogP contribution in [-0.2, 0) is 5.60 Å². The van der Waals surface area contributed by atoms with E-state index in [1.165, 1.54) is 11.3 Å². The summed E-state index contributed by atoms with van der Waals surface area (Å²) >= 11 is 1.36. The van der Waals surface area contributed by atoms with Gasteiger partial charge < -0.3 is 5.11 Å². The Kier molecular flexibility index (Phi) is 3.35. The second-order valence-corrected chi connectivity index (χ2v) is 6.02. The number of pyridine rings is 1. The minimum absolute atomic E-state index is 0.0932. The van der Waals surface area contributed by atoms with E-state index in [1.807, 2.05) is 13.0 Å². The quantitative estimate of drug-likeness (QED) is 0.752. The Morgan fingerprint density at radius 2 is 2.33 bits per heavy atom. The number of ketones is 1. The van der Waals surface area contributed by atoms with E-state index in [0.717, 1.165) is 4.83 Å². The number of Topliss-reactive ketones (excluding diaryl/α,β-unsaturated/α-hetero) is 1. The predicted molar refractivity (Wildman–Crippen MR) is 80.6 cm³/mol. The molecule has 108 valence electrons. The fourth-order valence-electron chi connectivity index (χ4n) is 2.22. The Labute approximate surface area is 125 Å². The molecule has 0 saturated heterocycles. The molecule has 0 bridgehead atoms. The number of nitrogens with zero attached hydrogens (tertiary/aromatic N) is 3. The molecule has 1 atom stereocenters. The molecule has 1 N–H and O–H groups in total. The van der Waals surface area contributed by atoms with Crippen molar-refractivity contribution in [3.8, 4) is 0 Å². The molecule has 0 fully saturated rings. The van der Waals surface area contributed by atoms with E-state index in [0.29, 0.717) is 22.6 Å². The largest absolute Gasteiger partial charge is 0.379 e.